The first-order chi connectivity index (χ1) is 19.4. The maximum atomic E-state index is 13.3. The van der Waals surface area contributed by atoms with E-state index in [2.05, 4.69) is 51.5 Å². The molecule has 0 aromatic carbocycles. The van der Waals surface area contributed by atoms with E-state index in [0.29, 0.717) is 30.4 Å². The van der Waals surface area contributed by atoms with Crippen molar-refractivity contribution in [3.63, 3.8) is 0 Å². The van der Waals surface area contributed by atoms with Crippen LogP contribution in [0.5, 0.6) is 0 Å². The van der Waals surface area contributed by atoms with Crippen molar-refractivity contribution in [1.29, 1.82) is 0 Å². The summed E-state index contributed by atoms with van der Waals surface area (Å²) in [6.07, 6.45) is 5.09. The average Bonchev–Trinajstić information content (AvgIpc) is 2.92. The molecule has 1 aliphatic rings. The molecule has 12 heteroatoms. The molecule has 0 unspecified atom stereocenters. The number of anilines is 2. The Labute approximate surface area is 243 Å². The van der Waals surface area contributed by atoms with Gasteiger partial charge in [-0.3, -0.25) is 9.78 Å². The lowest BCUT2D eigenvalue weighted by atomic mass is 9.97. The Hall–Kier alpha value is -3.64. The van der Waals surface area contributed by atoms with Gasteiger partial charge in [-0.15, -0.1) is 0 Å². The number of pyridine rings is 2. The maximum Gasteiger partial charge on any atom is 0.254 e. The number of hydrogen-bond donors (Lipinski definition) is 3. The number of aryl methyl sites for hydroxylation is 2. The summed E-state index contributed by atoms with van der Waals surface area (Å²) in [7, 11) is -3.21. The van der Waals surface area contributed by atoms with E-state index in [9.17, 15) is 13.2 Å². The third-order valence-corrected chi connectivity index (χ3v) is 7.64. The minimum absolute atomic E-state index is 0.0165. The van der Waals surface area contributed by atoms with Crippen LogP contribution in [-0.2, 0) is 9.84 Å². The minimum atomic E-state index is -3.21. The zero-order valence-corrected chi connectivity index (χ0v) is 25.7. The standard InChI is InChI=1S/C29H42N8O3S/c1-8-19(2)26(36-29(30-6)35-25-13-20(3)34-21(4)14-25)17-32-24-10-12-37(22(5)15-24)28(38)23-9-11-31-27(16-23)33-18-41(7,39)40/h9,11,13-14,16,22,24,32H,6,8,10,12,15,17-18H2,1-5,7H3,(H,31,33)(H,34,35,36)/b26-19+/t22-,24+/m1/s1. The lowest BCUT2D eigenvalue weighted by molar-refractivity contribution is 0.0604. The Morgan fingerprint density at radius 2 is 1.93 bits per heavy atom. The van der Waals surface area contributed by atoms with Crippen LogP contribution in [0.15, 0.2) is 51.7 Å². The fourth-order valence-corrected chi connectivity index (χ4v) is 5.10. The highest BCUT2D eigenvalue weighted by Crippen LogP contribution is 2.22. The molecule has 1 amide bonds. The summed E-state index contributed by atoms with van der Waals surface area (Å²) < 4.78 is 22.9. The van der Waals surface area contributed by atoms with Crippen LogP contribution in [0.4, 0.5) is 11.5 Å². The van der Waals surface area contributed by atoms with Crippen molar-refractivity contribution in [2.75, 3.05) is 35.9 Å². The van der Waals surface area contributed by atoms with E-state index in [1.54, 1.807) is 12.1 Å². The Morgan fingerprint density at radius 3 is 2.54 bits per heavy atom. The number of aromatic nitrogens is 2. The molecule has 0 bridgehead atoms. The van der Waals surface area contributed by atoms with Crippen molar-refractivity contribution < 1.29 is 13.2 Å². The monoisotopic (exact) mass is 582 g/mol. The fraction of sp³-hybridized carbons (Fsp3) is 0.483. The zero-order valence-electron chi connectivity index (χ0n) is 24.9. The van der Waals surface area contributed by atoms with Crippen LogP contribution in [-0.4, -0.2) is 79.2 Å². The Morgan fingerprint density at radius 1 is 1.22 bits per heavy atom. The van der Waals surface area contributed by atoms with E-state index in [-0.39, 0.29) is 23.9 Å². The number of carbonyl (C=O) groups is 1. The number of sulfone groups is 1. The Kier molecular flexibility index (Phi) is 11.1. The number of piperidine rings is 1. The molecule has 11 nitrogen and oxygen atoms in total. The molecular weight excluding hydrogens is 540 g/mol. The van der Waals surface area contributed by atoms with Crippen LogP contribution in [0.3, 0.4) is 0 Å². The number of guanidine groups is 1. The number of carbonyl (C=O) groups excluding carboxylic acids is 1. The number of allylic oxidation sites excluding steroid dienone is 1. The number of nitrogens with zero attached hydrogens (tertiary/aromatic N) is 5. The molecular formula is C29H42N8O3S. The molecule has 3 N–H and O–H groups in total. The summed E-state index contributed by atoms with van der Waals surface area (Å²) in [5.74, 6) is 0.444. The number of rotatable bonds is 10. The Balaban J connectivity index is 1.63. The quantitative estimate of drug-likeness (QED) is 0.283. The predicted octanol–water partition coefficient (Wildman–Crippen LogP) is 3.94. The lowest BCUT2D eigenvalue weighted by Crippen LogP contribution is -2.50. The maximum absolute atomic E-state index is 13.3. The summed E-state index contributed by atoms with van der Waals surface area (Å²) >= 11 is 0. The van der Waals surface area contributed by atoms with Gasteiger partial charge in [0.05, 0.1) is 5.70 Å². The van der Waals surface area contributed by atoms with Crippen molar-refractivity contribution in [2.45, 2.75) is 66.0 Å². The third kappa shape index (κ3) is 9.75. The van der Waals surface area contributed by atoms with E-state index in [4.69, 9.17) is 4.99 Å². The first kappa shape index (κ1) is 31.9. The summed E-state index contributed by atoms with van der Waals surface area (Å²) in [5, 5.41) is 9.66. The number of hydrogen-bond acceptors (Lipinski definition) is 8. The molecule has 0 radical (unpaired) electrons. The molecule has 1 saturated heterocycles. The molecule has 0 spiro atoms. The van der Waals surface area contributed by atoms with Crippen LogP contribution < -0.4 is 16.0 Å². The number of aliphatic imine (C=N–C) groups is 2. The van der Waals surface area contributed by atoms with Gasteiger partial charge >= 0.3 is 0 Å². The van der Waals surface area contributed by atoms with Crippen molar-refractivity contribution in [3.8, 4) is 0 Å². The average molecular weight is 583 g/mol. The summed E-state index contributed by atoms with van der Waals surface area (Å²) in [6, 6.07) is 7.37. The Bertz CT molecular complexity index is 1400. The number of nitrogens with one attached hydrogen (secondary N) is 3. The van der Waals surface area contributed by atoms with Gasteiger partial charge in [-0.05, 0) is 77.9 Å². The second-order valence-corrected chi connectivity index (χ2v) is 12.7. The first-order valence-corrected chi connectivity index (χ1v) is 15.8. The fourth-order valence-electron chi connectivity index (χ4n) is 4.69. The van der Waals surface area contributed by atoms with Gasteiger partial charge in [0.25, 0.3) is 5.91 Å². The molecule has 0 saturated carbocycles. The zero-order chi connectivity index (χ0) is 30.2. The topological polar surface area (TPSA) is 141 Å². The van der Waals surface area contributed by atoms with Gasteiger partial charge in [0, 0.05) is 60.3 Å². The molecule has 1 aliphatic heterocycles. The summed E-state index contributed by atoms with van der Waals surface area (Å²) in [4.78, 5) is 32.6. The van der Waals surface area contributed by atoms with Crippen LogP contribution >= 0.6 is 0 Å². The van der Waals surface area contributed by atoms with Crippen molar-refractivity contribution in [3.05, 3.63) is 58.7 Å². The van der Waals surface area contributed by atoms with Crippen molar-refractivity contribution >= 4 is 39.9 Å². The van der Waals surface area contributed by atoms with Crippen molar-refractivity contribution in [2.24, 2.45) is 9.98 Å². The molecule has 2 aromatic rings. The highest BCUT2D eigenvalue weighted by Gasteiger charge is 2.29. The van der Waals surface area contributed by atoms with Gasteiger partial charge < -0.3 is 20.9 Å². The van der Waals surface area contributed by atoms with Crippen LogP contribution in [0.25, 0.3) is 0 Å². The molecule has 3 rings (SSSR count). The van der Waals surface area contributed by atoms with Gasteiger partial charge in [0.1, 0.15) is 11.7 Å². The lowest BCUT2D eigenvalue weighted by Gasteiger charge is -2.38. The van der Waals surface area contributed by atoms with E-state index in [1.807, 2.05) is 37.8 Å². The molecule has 1 fully saturated rings. The number of likely N-dealkylation sites (tertiary alicyclic amines) is 1. The van der Waals surface area contributed by atoms with Gasteiger partial charge in [0.2, 0.25) is 5.96 Å². The normalized spacial score (nSPS) is 18.5. The van der Waals surface area contributed by atoms with Gasteiger partial charge in [-0.1, -0.05) is 12.5 Å². The molecule has 3 heterocycles. The van der Waals surface area contributed by atoms with Crippen molar-refractivity contribution in [1.82, 2.24) is 20.2 Å². The van der Waals surface area contributed by atoms with E-state index >= 15 is 0 Å². The van der Waals surface area contributed by atoms with Crippen LogP contribution in [0.2, 0.25) is 0 Å². The largest absolute Gasteiger partial charge is 0.356 e. The predicted molar refractivity (Wildman–Crippen MR) is 166 cm³/mol. The molecule has 2 atom stereocenters. The van der Waals surface area contributed by atoms with E-state index < -0.39 is 9.84 Å². The van der Waals surface area contributed by atoms with E-state index in [0.717, 1.165) is 53.9 Å². The summed E-state index contributed by atoms with van der Waals surface area (Å²) in [5.41, 5.74) is 5.21. The highest BCUT2D eigenvalue weighted by molar-refractivity contribution is 7.90. The first-order valence-electron chi connectivity index (χ1n) is 13.8. The minimum Gasteiger partial charge on any atom is -0.356 e. The van der Waals surface area contributed by atoms with Gasteiger partial charge in [0.15, 0.2) is 9.84 Å². The second-order valence-electron chi connectivity index (χ2n) is 10.6. The highest BCUT2D eigenvalue weighted by atomic mass is 32.2. The molecule has 2 aromatic heterocycles. The van der Waals surface area contributed by atoms with Gasteiger partial charge in [-0.2, -0.15) is 0 Å². The second kappa shape index (κ2) is 14.3. The van der Waals surface area contributed by atoms with Crippen LogP contribution in [0, 0.1) is 13.8 Å². The molecule has 41 heavy (non-hydrogen) atoms. The number of amides is 1. The molecule has 0 aliphatic carbocycles. The SMILES string of the molecule is C=NC(=N/C(CN[C@H]1CCN(C(=O)c2ccnc(NCS(C)(=O)=O)c2)[C@H](C)C1)=C(\C)CC)Nc1cc(C)nc(C)c1. The molecule has 222 valence electrons. The smallest absolute Gasteiger partial charge is 0.254 e. The summed E-state index contributed by atoms with van der Waals surface area (Å²) in [6.45, 7) is 15.0. The third-order valence-electron chi connectivity index (χ3n) is 6.97. The van der Waals surface area contributed by atoms with Crippen LogP contribution in [0.1, 0.15) is 61.8 Å². The van der Waals surface area contributed by atoms with Gasteiger partial charge in [-0.25, -0.2) is 23.4 Å². The van der Waals surface area contributed by atoms with E-state index in [1.165, 1.54) is 6.20 Å².